The normalized spacial score (nSPS) is 11.7. The number of carbonyl (C=O) groups is 1. The maximum Gasteiger partial charge on any atom is 0.335 e. The zero-order valence-electron chi connectivity index (χ0n) is 10.1. The van der Waals surface area contributed by atoms with Gasteiger partial charge in [0.15, 0.2) is 9.84 Å². The summed E-state index contributed by atoms with van der Waals surface area (Å²) in [5, 5.41) is 8.87. The fraction of sp³-hybridized carbons (Fsp3) is 0.250. The van der Waals surface area contributed by atoms with Gasteiger partial charge in [-0.05, 0) is 25.1 Å². The van der Waals surface area contributed by atoms with Gasteiger partial charge in [0, 0.05) is 0 Å². The molecule has 1 N–H and O–H groups in total. The minimum atomic E-state index is -3.60. The number of ether oxygens (including phenoxy) is 1. The van der Waals surface area contributed by atoms with E-state index in [1.165, 1.54) is 25.3 Å². The molecule has 1 aromatic carbocycles. The number of hydrogen-bond acceptors (Lipinski definition) is 4. The van der Waals surface area contributed by atoms with Gasteiger partial charge in [0.05, 0.1) is 18.4 Å². The highest BCUT2D eigenvalue weighted by Crippen LogP contribution is 2.26. The van der Waals surface area contributed by atoms with E-state index in [1.54, 1.807) is 13.0 Å². The first-order chi connectivity index (χ1) is 8.42. The molecule has 0 spiro atoms. The highest BCUT2D eigenvalue weighted by atomic mass is 32.2. The molecule has 0 heterocycles. The Bertz CT molecular complexity index is 572. The third-order valence-electron chi connectivity index (χ3n) is 2.30. The first-order valence-electron chi connectivity index (χ1n) is 5.17. The SMILES string of the molecule is C/C=C/CS(=O)(=O)c1cc(C(=O)O)ccc1OC. The van der Waals surface area contributed by atoms with E-state index in [-0.39, 0.29) is 22.0 Å². The third kappa shape index (κ3) is 3.10. The predicted molar refractivity (Wildman–Crippen MR) is 66.8 cm³/mol. The van der Waals surface area contributed by atoms with Gasteiger partial charge in [-0.1, -0.05) is 12.2 Å². The molecule has 1 aromatic rings. The highest BCUT2D eigenvalue weighted by Gasteiger charge is 2.20. The smallest absolute Gasteiger partial charge is 0.335 e. The van der Waals surface area contributed by atoms with E-state index in [2.05, 4.69) is 0 Å². The van der Waals surface area contributed by atoms with E-state index in [9.17, 15) is 13.2 Å². The fourth-order valence-electron chi connectivity index (χ4n) is 1.37. The number of benzene rings is 1. The molecule has 0 amide bonds. The van der Waals surface area contributed by atoms with E-state index in [0.717, 1.165) is 6.07 Å². The number of aromatic carboxylic acids is 1. The lowest BCUT2D eigenvalue weighted by Gasteiger charge is -2.09. The number of carboxylic acids is 1. The Balaban J connectivity index is 3.36. The summed E-state index contributed by atoms with van der Waals surface area (Å²) in [5.41, 5.74) is -0.0881. The van der Waals surface area contributed by atoms with E-state index >= 15 is 0 Å². The molecule has 0 radical (unpaired) electrons. The predicted octanol–water partition coefficient (Wildman–Crippen LogP) is 1.74. The second-order valence-corrected chi connectivity index (χ2v) is 5.52. The Morgan fingerprint density at radius 2 is 2.11 bits per heavy atom. The van der Waals surface area contributed by atoms with Gasteiger partial charge < -0.3 is 9.84 Å². The summed E-state index contributed by atoms with van der Waals surface area (Å²) in [6, 6.07) is 3.75. The van der Waals surface area contributed by atoms with Crippen LogP contribution in [-0.4, -0.2) is 32.4 Å². The summed E-state index contributed by atoms with van der Waals surface area (Å²) in [5.74, 6) is -1.23. The molecule has 1 rings (SSSR count). The van der Waals surface area contributed by atoms with Crippen molar-refractivity contribution in [2.24, 2.45) is 0 Å². The molecule has 0 bridgehead atoms. The third-order valence-corrected chi connectivity index (χ3v) is 3.92. The fourth-order valence-corrected chi connectivity index (χ4v) is 2.76. The molecule has 0 unspecified atom stereocenters. The number of allylic oxidation sites excluding steroid dienone is 1. The standard InChI is InChI=1S/C12H14O5S/c1-3-4-7-18(15,16)11-8-9(12(13)14)5-6-10(11)17-2/h3-6,8H,7H2,1-2H3,(H,13,14)/b4-3+. The Hall–Kier alpha value is -1.82. The van der Waals surface area contributed by atoms with E-state index in [0.29, 0.717) is 0 Å². The van der Waals surface area contributed by atoms with Crippen molar-refractivity contribution >= 4 is 15.8 Å². The molecule has 0 aliphatic heterocycles. The van der Waals surface area contributed by atoms with Gasteiger partial charge in [0.1, 0.15) is 10.6 Å². The van der Waals surface area contributed by atoms with Crippen LogP contribution in [0.25, 0.3) is 0 Å². The Labute approximate surface area is 106 Å². The molecule has 0 saturated carbocycles. The van der Waals surface area contributed by atoms with Crippen molar-refractivity contribution in [3.63, 3.8) is 0 Å². The lowest BCUT2D eigenvalue weighted by molar-refractivity contribution is 0.0696. The van der Waals surface area contributed by atoms with Gasteiger partial charge >= 0.3 is 5.97 Å². The second kappa shape index (κ2) is 5.68. The molecular formula is C12H14O5S. The zero-order chi connectivity index (χ0) is 13.8. The molecule has 0 atom stereocenters. The summed E-state index contributed by atoms with van der Waals surface area (Å²) in [7, 11) is -2.26. The summed E-state index contributed by atoms with van der Waals surface area (Å²) < 4.78 is 29.0. The maximum absolute atomic E-state index is 12.0. The summed E-state index contributed by atoms with van der Waals surface area (Å²) >= 11 is 0. The average molecular weight is 270 g/mol. The number of methoxy groups -OCH3 is 1. The highest BCUT2D eigenvalue weighted by molar-refractivity contribution is 7.91. The van der Waals surface area contributed by atoms with Crippen molar-refractivity contribution in [2.75, 3.05) is 12.9 Å². The van der Waals surface area contributed by atoms with Crippen LogP contribution in [0.2, 0.25) is 0 Å². The minimum Gasteiger partial charge on any atom is -0.495 e. The molecule has 18 heavy (non-hydrogen) atoms. The van der Waals surface area contributed by atoms with E-state index < -0.39 is 15.8 Å². The number of hydrogen-bond donors (Lipinski definition) is 1. The molecule has 0 aliphatic rings. The Kier molecular flexibility index (Phi) is 4.49. The van der Waals surface area contributed by atoms with Gasteiger partial charge in [-0.3, -0.25) is 0 Å². The summed E-state index contributed by atoms with van der Waals surface area (Å²) in [6.07, 6.45) is 3.10. The van der Waals surface area contributed by atoms with E-state index in [1.807, 2.05) is 0 Å². The Morgan fingerprint density at radius 3 is 2.61 bits per heavy atom. The van der Waals surface area contributed by atoms with Crippen molar-refractivity contribution in [3.05, 3.63) is 35.9 Å². The number of rotatable bonds is 5. The van der Waals surface area contributed by atoms with Gasteiger partial charge in [-0.15, -0.1) is 0 Å². The largest absolute Gasteiger partial charge is 0.495 e. The van der Waals surface area contributed by atoms with Crippen LogP contribution < -0.4 is 4.74 Å². The number of sulfone groups is 1. The van der Waals surface area contributed by atoms with Gasteiger partial charge in [0.25, 0.3) is 0 Å². The zero-order valence-corrected chi connectivity index (χ0v) is 10.9. The van der Waals surface area contributed by atoms with Crippen molar-refractivity contribution < 1.29 is 23.1 Å². The molecule has 5 nitrogen and oxygen atoms in total. The van der Waals surface area contributed by atoms with Crippen LogP contribution in [0.15, 0.2) is 35.2 Å². The number of carboxylic acid groups (broad SMARTS) is 1. The van der Waals surface area contributed by atoms with Crippen LogP contribution in [-0.2, 0) is 9.84 Å². The average Bonchev–Trinajstić information content (AvgIpc) is 2.35. The van der Waals surface area contributed by atoms with Crippen LogP contribution in [0.4, 0.5) is 0 Å². The van der Waals surface area contributed by atoms with Crippen molar-refractivity contribution in [1.82, 2.24) is 0 Å². The van der Waals surface area contributed by atoms with Gasteiger partial charge in [0.2, 0.25) is 0 Å². The first kappa shape index (κ1) is 14.2. The molecule has 0 saturated heterocycles. The Morgan fingerprint density at radius 1 is 1.44 bits per heavy atom. The topological polar surface area (TPSA) is 80.7 Å². The molecule has 6 heteroatoms. The molecule has 98 valence electrons. The maximum atomic E-state index is 12.0. The molecule has 0 fully saturated rings. The molecule has 0 aromatic heterocycles. The van der Waals surface area contributed by atoms with Crippen LogP contribution in [0, 0.1) is 0 Å². The first-order valence-corrected chi connectivity index (χ1v) is 6.83. The minimum absolute atomic E-state index is 0.0881. The van der Waals surface area contributed by atoms with Gasteiger partial charge in [-0.25, -0.2) is 13.2 Å². The van der Waals surface area contributed by atoms with Crippen molar-refractivity contribution in [3.8, 4) is 5.75 Å². The van der Waals surface area contributed by atoms with Crippen molar-refractivity contribution in [2.45, 2.75) is 11.8 Å². The van der Waals surface area contributed by atoms with Crippen LogP contribution in [0.3, 0.4) is 0 Å². The summed E-state index contributed by atoms with van der Waals surface area (Å²) in [6.45, 7) is 1.71. The second-order valence-electron chi connectivity index (χ2n) is 3.52. The van der Waals surface area contributed by atoms with Crippen molar-refractivity contribution in [1.29, 1.82) is 0 Å². The lowest BCUT2D eigenvalue weighted by Crippen LogP contribution is -2.08. The molecular weight excluding hydrogens is 256 g/mol. The van der Waals surface area contributed by atoms with Gasteiger partial charge in [-0.2, -0.15) is 0 Å². The summed E-state index contributed by atoms with van der Waals surface area (Å²) in [4.78, 5) is 10.7. The van der Waals surface area contributed by atoms with Crippen LogP contribution >= 0.6 is 0 Å². The molecule has 0 aliphatic carbocycles. The lowest BCUT2D eigenvalue weighted by atomic mass is 10.2. The van der Waals surface area contributed by atoms with Crippen LogP contribution in [0.1, 0.15) is 17.3 Å². The quantitative estimate of drug-likeness (QED) is 0.824. The van der Waals surface area contributed by atoms with Crippen LogP contribution in [0.5, 0.6) is 5.75 Å². The monoisotopic (exact) mass is 270 g/mol. The van der Waals surface area contributed by atoms with E-state index in [4.69, 9.17) is 9.84 Å².